The third-order valence-corrected chi connectivity index (χ3v) is 6.89. The average Bonchev–Trinajstić information content (AvgIpc) is 3.69. The van der Waals surface area contributed by atoms with Crippen LogP contribution in [0.4, 0.5) is 45.2 Å². The summed E-state index contributed by atoms with van der Waals surface area (Å²) in [6, 6.07) is 8.54. The smallest absolute Gasteiger partial charge is 0.475 e. The second kappa shape index (κ2) is 14.7. The van der Waals surface area contributed by atoms with E-state index < -0.39 is 48.0 Å². The molecule has 4 aromatic rings. The van der Waals surface area contributed by atoms with Crippen molar-refractivity contribution >= 4 is 34.6 Å². The van der Waals surface area contributed by atoms with E-state index in [1.807, 2.05) is 22.5 Å². The first-order valence-electron chi connectivity index (χ1n) is 13.6. The van der Waals surface area contributed by atoms with E-state index in [-0.39, 0.29) is 12.0 Å². The number of carbonyl (C=O) groups excluding carboxylic acids is 1. The second-order valence-electron chi connectivity index (χ2n) is 10.4. The molecule has 22 heteroatoms. The number of aromatic nitrogens is 5. The minimum atomic E-state index is -5.08. The van der Waals surface area contributed by atoms with Crippen LogP contribution in [0.5, 0.6) is 0 Å². The van der Waals surface area contributed by atoms with E-state index in [1.165, 1.54) is 18.5 Å². The number of benzene rings is 1. The summed E-state index contributed by atoms with van der Waals surface area (Å²) in [5.41, 5.74) is 2.65. The first-order valence-corrected chi connectivity index (χ1v) is 13.6. The molecule has 1 fully saturated rings. The van der Waals surface area contributed by atoms with Crippen molar-refractivity contribution < 1.29 is 64.1 Å². The zero-order chi connectivity index (χ0) is 37.7. The average molecular weight is 723 g/mol. The maximum Gasteiger partial charge on any atom is 0.490 e. The van der Waals surface area contributed by atoms with Gasteiger partial charge in [0.15, 0.2) is 0 Å². The third-order valence-electron chi connectivity index (χ3n) is 6.89. The number of halogens is 9. The summed E-state index contributed by atoms with van der Waals surface area (Å²) in [6.07, 6.45) is -7.57. The largest absolute Gasteiger partial charge is 0.490 e. The van der Waals surface area contributed by atoms with Gasteiger partial charge in [-0.05, 0) is 37.3 Å². The number of alkyl halides is 9. The standard InChI is InChI=1S/C24H21F3N8O.2C2HF3O2/c1-15(24(25,26)27)33-22(36)16-2-4-18(5-3-16)34-12-23(13-34,7-8-28)35-11-17(10-32-35)20-19-6-9-29-21(19)31-14-30-20;2*3-2(4,5)1(6)7/h2-6,9-11,14-15H,7,12-13H2,1H3,(H,33,36)(H,29,30,31);2*(H,6,7)/t15-;;/m1../s1. The van der Waals surface area contributed by atoms with Crippen molar-refractivity contribution in [3.8, 4) is 17.3 Å². The fraction of sp³-hybridized carbons (Fsp3) is 0.321. The van der Waals surface area contributed by atoms with Crippen LogP contribution >= 0.6 is 0 Å². The summed E-state index contributed by atoms with van der Waals surface area (Å²) >= 11 is 0. The minimum Gasteiger partial charge on any atom is -0.475 e. The maximum absolute atomic E-state index is 12.7. The number of nitrogens with one attached hydrogen (secondary N) is 2. The number of fused-ring (bicyclic) bond motifs is 1. The van der Waals surface area contributed by atoms with Crippen LogP contribution in [-0.2, 0) is 15.1 Å². The summed E-state index contributed by atoms with van der Waals surface area (Å²) in [6.45, 7) is 1.90. The van der Waals surface area contributed by atoms with Crippen LogP contribution in [0.2, 0.25) is 0 Å². The Morgan fingerprint density at radius 1 is 0.980 bits per heavy atom. The fourth-order valence-corrected chi connectivity index (χ4v) is 4.32. The number of aliphatic carboxylic acids is 2. The van der Waals surface area contributed by atoms with Gasteiger partial charge in [-0.1, -0.05) is 0 Å². The lowest BCUT2D eigenvalue weighted by Gasteiger charge is -2.50. The van der Waals surface area contributed by atoms with E-state index in [9.17, 15) is 49.6 Å². The van der Waals surface area contributed by atoms with E-state index in [0.29, 0.717) is 13.1 Å². The monoisotopic (exact) mass is 722 g/mol. The molecule has 0 radical (unpaired) electrons. The summed E-state index contributed by atoms with van der Waals surface area (Å²) in [7, 11) is 0. The molecule has 0 bridgehead atoms. The normalized spacial score (nSPS) is 14.5. The SMILES string of the molecule is C[C@@H](NC(=O)c1ccc(N2CC(CC#N)(n3cc(-c4ncnc5[nH]ccc45)cn3)C2)cc1)C(F)(F)F.O=C(O)C(F)(F)F.O=C(O)C(F)(F)F. The highest BCUT2D eigenvalue weighted by molar-refractivity contribution is 5.94. The molecule has 1 aliphatic heterocycles. The van der Waals surface area contributed by atoms with Gasteiger partial charge < -0.3 is 25.4 Å². The van der Waals surface area contributed by atoms with Crippen molar-refractivity contribution in [1.82, 2.24) is 30.0 Å². The van der Waals surface area contributed by atoms with Gasteiger partial charge in [0.2, 0.25) is 0 Å². The highest BCUT2D eigenvalue weighted by Gasteiger charge is 2.46. The minimum absolute atomic E-state index is 0.135. The summed E-state index contributed by atoms with van der Waals surface area (Å²) < 4.78 is 103. The van der Waals surface area contributed by atoms with Gasteiger partial charge in [-0.3, -0.25) is 9.48 Å². The van der Waals surface area contributed by atoms with Crippen molar-refractivity contribution in [2.24, 2.45) is 0 Å². The van der Waals surface area contributed by atoms with Gasteiger partial charge in [0.05, 0.1) is 24.4 Å². The predicted octanol–water partition coefficient (Wildman–Crippen LogP) is 4.90. The molecular formula is C28H23F9N8O5. The molecule has 4 N–H and O–H groups in total. The number of nitrogens with zero attached hydrogens (tertiary/aromatic N) is 6. The Morgan fingerprint density at radius 2 is 1.54 bits per heavy atom. The Bertz CT molecular complexity index is 1830. The number of hydrogen-bond acceptors (Lipinski definition) is 8. The van der Waals surface area contributed by atoms with Crippen molar-refractivity contribution in [2.75, 3.05) is 18.0 Å². The van der Waals surface area contributed by atoms with Gasteiger partial charge in [0.1, 0.15) is 23.6 Å². The van der Waals surface area contributed by atoms with Gasteiger partial charge in [0.25, 0.3) is 5.91 Å². The lowest BCUT2D eigenvalue weighted by Crippen LogP contribution is -2.63. The van der Waals surface area contributed by atoms with E-state index >= 15 is 0 Å². The number of carboxylic acids is 2. The van der Waals surface area contributed by atoms with Crippen LogP contribution in [0, 0.1) is 11.3 Å². The zero-order valence-electron chi connectivity index (χ0n) is 25.1. The molecule has 1 aromatic carbocycles. The molecule has 50 heavy (non-hydrogen) atoms. The van der Waals surface area contributed by atoms with Crippen LogP contribution in [0.15, 0.2) is 55.2 Å². The number of amides is 1. The second-order valence-corrected chi connectivity index (χ2v) is 10.4. The van der Waals surface area contributed by atoms with Gasteiger partial charge in [0, 0.05) is 47.7 Å². The van der Waals surface area contributed by atoms with Gasteiger partial charge in [-0.15, -0.1) is 0 Å². The molecular weight excluding hydrogens is 699 g/mol. The van der Waals surface area contributed by atoms with Crippen LogP contribution in [0.25, 0.3) is 22.3 Å². The van der Waals surface area contributed by atoms with Crippen molar-refractivity contribution in [3.63, 3.8) is 0 Å². The molecule has 0 saturated carbocycles. The van der Waals surface area contributed by atoms with E-state index in [2.05, 4.69) is 26.1 Å². The first-order chi connectivity index (χ1) is 23.1. The summed E-state index contributed by atoms with van der Waals surface area (Å²) in [5, 5.41) is 31.1. The molecule has 1 amide bonds. The fourth-order valence-electron chi connectivity index (χ4n) is 4.32. The van der Waals surface area contributed by atoms with E-state index in [1.54, 1.807) is 29.2 Å². The van der Waals surface area contributed by atoms with Crippen molar-refractivity contribution in [2.45, 2.75) is 43.5 Å². The number of anilines is 1. The van der Waals surface area contributed by atoms with Crippen LogP contribution in [-0.4, -0.2) is 90.5 Å². The number of rotatable bonds is 6. The molecule has 13 nitrogen and oxygen atoms in total. The lowest BCUT2D eigenvalue weighted by atomic mass is 9.86. The van der Waals surface area contributed by atoms with Crippen molar-refractivity contribution in [1.29, 1.82) is 5.26 Å². The molecule has 3 aromatic heterocycles. The lowest BCUT2D eigenvalue weighted by molar-refractivity contribution is -0.193. The van der Waals surface area contributed by atoms with Crippen molar-refractivity contribution in [3.05, 3.63) is 60.8 Å². The molecule has 4 heterocycles. The van der Waals surface area contributed by atoms with Gasteiger partial charge >= 0.3 is 30.5 Å². The molecule has 268 valence electrons. The molecule has 5 rings (SSSR count). The highest BCUT2D eigenvalue weighted by atomic mass is 19.4. The van der Waals surface area contributed by atoms with Gasteiger partial charge in [-0.25, -0.2) is 19.6 Å². The molecule has 0 spiro atoms. The number of carbonyl (C=O) groups is 3. The number of nitriles is 1. The Labute approximate surface area is 273 Å². The van der Waals surface area contributed by atoms with Crippen LogP contribution in [0.1, 0.15) is 23.7 Å². The third kappa shape index (κ3) is 9.38. The van der Waals surface area contributed by atoms with Gasteiger partial charge in [-0.2, -0.15) is 49.9 Å². The zero-order valence-corrected chi connectivity index (χ0v) is 25.1. The van der Waals surface area contributed by atoms with Crippen LogP contribution < -0.4 is 10.2 Å². The number of carboxylic acid groups (broad SMARTS) is 2. The van der Waals surface area contributed by atoms with E-state index in [4.69, 9.17) is 19.8 Å². The van der Waals surface area contributed by atoms with E-state index in [0.717, 1.165) is 34.9 Å². The Morgan fingerprint density at radius 3 is 2.04 bits per heavy atom. The maximum atomic E-state index is 12.7. The number of H-pyrrole nitrogens is 1. The molecule has 1 atom stereocenters. The first kappa shape index (κ1) is 38.6. The summed E-state index contributed by atoms with van der Waals surface area (Å²) in [5.74, 6) is -6.31. The Balaban J connectivity index is 0.000000408. The topological polar surface area (TPSA) is 190 Å². The highest BCUT2D eigenvalue weighted by Crippen LogP contribution is 2.37. The number of aromatic amines is 1. The molecule has 0 aliphatic carbocycles. The number of hydrogen-bond donors (Lipinski definition) is 4. The predicted molar refractivity (Wildman–Crippen MR) is 152 cm³/mol. The molecule has 0 unspecified atom stereocenters. The summed E-state index contributed by atoms with van der Waals surface area (Å²) in [4.78, 5) is 43.6. The molecule has 1 saturated heterocycles. The Hall–Kier alpha value is -5.88. The van der Waals surface area contributed by atoms with Crippen LogP contribution in [0.3, 0.4) is 0 Å². The molecule has 1 aliphatic rings. The Kier molecular flexibility index (Phi) is 11.3. The quantitative estimate of drug-likeness (QED) is 0.199.